The van der Waals surface area contributed by atoms with Crippen LogP contribution in [0.5, 0.6) is 0 Å². The zero-order valence-corrected chi connectivity index (χ0v) is 26.3. The number of furan rings is 2. The van der Waals surface area contributed by atoms with Crippen LogP contribution < -0.4 is 4.90 Å². The van der Waals surface area contributed by atoms with Gasteiger partial charge in [-0.3, -0.25) is 0 Å². The van der Waals surface area contributed by atoms with Crippen LogP contribution in [0.4, 0.5) is 5.69 Å². The van der Waals surface area contributed by atoms with Crippen molar-refractivity contribution in [1.82, 2.24) is 0 Å². The summed E-state index contributed by atoms with van der Waals surface area (Å²) in [5.74, 6) is 0.208. The van der Waals surface area contributed by atoms with E-state index in [2.05, 4.69) is 102 Å². The fourth-order valence-corrected chi connectivity index (χ4v) is 8.24. The Morgan fingerprint density at radius 1 is 0.694 bits per heavy atom. The SMILES string of the molecule is N#CC1=C(N2c3ccccc3C3C=CC=CC32)C(c2ccc3oc4ccc5c6cc(-c7cccc(C#N)c7)ccc6oc5c4c3c2)CC=C1. The molecule has 3 heterocycles. The van der Waals surface area contributed by atoms with Gasteiger partial charge < -0.3 is 13.7 Å². The van der Waals surface area contributed by atoms with Crippen LogP contribution in [0.2, 0.25) is 0 Å². The van der Waals surface area contributed by atoms with E-state index in [9.17, 15) is 10.5 Å². The minimum Gasteiger partial charge on any atom is -0.456 e. The van der Waals surface area contributed by atoms with E-state index in [1.165, 1.54) is 5.56 Å². The highest BCUT2D eigenvalue weighted by molar-refractivity contribution is 6.22. The second kappa shape index (κ2) is 10.5. The number of hydrogen-bond acceptors (Lipinski definition) is 5. The Hall–Kier alpha value is -6.56. The Morgan fingerprint density at radius 2 is 1.53 bits per heavy atom. The van der Waals surface area contributed by atoms with Crippen molar-refractivity contribution in [1.29, 1.82) is 10.5 Å². The van der Waals surface area contributed by atoms with Gasteiger partial charge in [0, 0.05) is 39.4 Å². The molecule has 49 heavy (non-hydrogen) atoms. The normalized spacial score (nSPS) is 19.6. The zero-order valence-electron chi connectivity index (χ0n) is 26.3. The molecule has 230 valence electrons. The number of para-hydroxylation sites is 1. The Balaban J connectivity index is 1.14. The zero-order chi connectivity index (χ0) is 32.6. The van der Waals surface area contributed by atoms with Crippen molar-refractivity contribution in [3.63, 3.8) is 0 Å². The van der Waals surface area contributed by atoms with Crippen LogP contribution in [-0.4, -0.2) is 6.04 Å². The van der Waals surface area contributed by atoms with Gasteiger partial charge in [-0.15, -0.1) is 0 Å². The first-order chi connectivity index (χ1) is 24.2. The average Bonchev–Trinajstić information content (AvgIpc) is 3.83. The second-order valence-electron chi connectivity index (χ2n) is 13.0. The molecule has 10 rings (SSSR count). The molecule has 0 amide bonds. The molecule has 0 spiro atoms. The number of hydrogen-bond donors (Lipinski definition) is 0. The third-order valence-electron chi connectivity index (χ3n) is 10.4. The van der Waals surface area contributed by atoms with Gasteiger partial charge in [-0.25, -0.2) is 0 Å². The molecule has 5 heteroatoms. The van der Waals surface area contributed by atoms with Gasteiger partial charge in [-0.05, 0) is 89.3 Å². The molecule has 3 aliphatic rings. The van der Waals surface area contributed by atoms with Gasteiger partial charge in [0.05, 0.1) is 28.6 Å². The van der Waals surface area contributed by atoms with Gasteiger partial charge in [0.1, 0.15) is 28.4 Å². The Bertz CT molecular complexity index is 2760. The van der Waals surface area contributed by atoms with E-state index < -0.39 is 0 Å². The summed E-state index contributed by atoms with van der Waals surface area (Å²) in [5, 5.41) is 23.9. The van der Waals surface area contributed by atoms with E-state index in [-0.39, 0.29) is 17.9 Å². The molecule has 7 aromatic rings. The van der Waals surface area contributed by atoms with Crippen LogP contribution in [0.3, 0.4) is 0 Å². The number of nitrogens with zero attached hydrogens (tertiary/aromatic N) is 3. The van der Waals surface area contributed by atoms with Crippen LogP contribution in [-0.2, 0) is 0 Å². The third kappa shape index (κ3) is 4.03. The first kappa shape index (κ1) is 27.5. The fraction of sp³-hybridized carbons (Fsp3) is 0.0909. The fourth-order valence-electron chi connectivity index (χ4n) is 8.24. The average molecular weight is 630 g/mol. The summed E-state index contributed by atoms with van der Waals surface area (Å²) >= 11 is 0. The third-order valence-corrected chi connectivity index (χ3v) is 10.4. The van der Waals surface area contributed by atoms with Crippen LogP contribution >= 0.6 is 0 Å². The van der Waals surface area contributed by atoms with Crippen LogP contribution in [0, 0.1) is 22.7 Å². The lowest BCUT2D eigenvalue weighted by Gasteiger charge is -2.36. The highest BCUT2D eigenvalue weighted by atomic mass is 16.3. The quantitative estimate of drug-likeness (QED) is 0.194. The predicted octanol–water partition coefficient (Wildman–Crippen LogP) is 10.9. The van der Waals surface area contributed by atoms with E-state index in [4.69, 9.17) is 8.83 Å². The van der Waals surface area contributed by atoms with Gasteiger partial charge in [0.15, 0.2) is 0 Å². The lowest BCUT2D eigenvalue weighted by atomic mass is 9.84. The maximum Gasteiger partial charge on any atom is 0.147 e. The van der Waals surface area contributed by atoms with E-state index in [1.54, 1.807) is 0 Å². The van der Waals surface area contributed by atoms with Crippen molar-refractivity contribution < 1.29 is 8.83 Å². The lowest BCUT2D eigenvalue weighted by Crippen LogP contribution is -2.36. The molecule has 0 N–H and O–H groups in total. The molecule has 5 aromatic carbocycles. The first-order valence-corrected chi connectivity index (χ1v) is 16.6. The molecule has 5 nitrogen and oxygen atoms in total. The number of benzene rings is 5. The maximum atomic E-state index is 10.5. The highest BCUT2D eigenvalue weighted by Crippen LogP contribution is 2.51. The molecule has 0 radical (unpaired) electrons. The lowest BCUT2D eigenvalue weighted by molar-refractivity contribution is 0.659. The van der Waals surface area contributed by atoms with Crippen LogP contribution in [0.25, 0.3) is 55.0 Å². The summed E-state index contributed by atoms with van der Waals surface area (Å²) in [6.07, 6.45) is 13.7. The molecule has 0 saturated heterocycles. The summed E-state index contributed by atoms with van der Waals surface area (Å²) in [4.78, 5) is 2.41. The van der Waals surface area contributed by atoms with Crippen molar-refractivity contribution in [3.8, 4) is 23.3 Å². The Labute approximate surface area is 282 Å². The van der Waals surface area contributed by atoms with E-state index in [0.717, 1.165) is 78.4 Å². The molecule has 0 saturated carbocycles. The van der Waals surface area contributed by atoms with Gasteiger partial charge in [0.2, 0.25) is 0 Å². The largest absolute Gasteiger partial charge is 0.456 e. The number of allylic oxidation sites excluding steroid dienone is 6. The smallest absolute Gasteiger partial charge is 0.147 e. The van der Waals surface area contributed by atoms with Crippen molar-refractivity contribution in [2.24, 2.45) is 0 Å². The van der Waals surface area contributed by atoms with Crippen LogP contribution in [0.1, 0.15) is 34.9 Å². The van der Waals surface area contributed by atoms with Gasteiger partial charge in [0.25, 0.3) is 0 Å². The van der Waals surface area contributed by atoms with Crippen molar-refractivity contribution in [3.05, 3.63) is 161 Å². The summed E-state index contributed by atoms with van der Waals surface area (Å²) in [6, 6.07) is 37.9. The number of fused-ring (bicyclic) bond motifs is 10. The molecule has 3 atom stereocenters. The molecule has 0 fully saturated rings. The number of nitriles is 2. The second-order valence-corrected chi connectivity index (χ2v) is 13.0. The number of rotatable bonds is 3. The van der Waals surface area contributed by atoms with E-state index in [1.807, 2.05) is 48.5 Å². The van der Waals surface area contributed by atoms with Gasteiger partial charge in [-0.1, -0.05) is 72.8 Å². The monoisotopic (exact) mass is 629 g/mol. The van der Waals surface area contributed by atoms with Crippen molar-refractivity contribution in [2.75, 3.05) is 4.90 Å². The minimum absolute atomic E-state index is 0.0262. The Kier molecular flexibility index (Phi) is 5.89. The predicted molar refractivity (Wildman–Crippen MR) is 194 cm³/mol. The van der Waals surface area contributed by atoms with Gasteiger partial charge >= 0.3 is 0 Å². The maximum absolute atomic E-state index is 10.5. The summed E-state index contributed by atoms with van der Waals surface area (Å²) in [5.41, 5.74) is 11.1. The molecule has 2 aromatic heterocycles. The standard InChI is InChI=1S/C44H27N3O2/c45-24-26-7-5-8-27(21-26)28-15-18-39-35(22-28)34-17-20-41-42(44(34)49-39)36-23-29(16-19-40(36)48-41)31-12-6-9-30(25-46)43(31)47-37-13-3-1-10-32(37)33-11-2-4-14-38(33)47/h1-11,13-23,31-32,37H,12H2. The van der Waals surface area contributed by atoms with Crippen molar-refractivity contribution in [2.45, 2.75) is 24.3 Å². The first-order valence-electron chi connectivity index (χ1n) is 16.6. The molecular formula is C44H27N3O2. The highest BCUT2D eigenvalue weighted by Gasteiger charge is 2.41. The summed E-state index contributed by atoms with van der Waals surface area (Å²) in [6.45, 7) is 0. The van der Waals surface area contributed by atoms with E-state index in [0.29, 0.717) is 11.1 Å². The topological polar surface area (TPSA) is 77.1 Å². The van der Waals surface area contributed by atoms with Gasteiger partial charge in [-0.2, -0.15) is 10.5 Å². The number of anilines is 1. The molecular weight excluding hydrogens is 603 g/mol. The molecule has 0 bridgehead atoms. The molecule has 3 unspecified atom stereocenters. The van der Waals surface area contributed by atoms with Crippen molar-refractivity contribution >= 4 is 49.6 Å². The van der Waals surface area contributed by atoms with E-state index >= 15 is 0 Å². The molecule has 1 aliphatic heterocycles. The Morgan fingerprint density at radius 3 is 2.45 bits per heavy atom. The summed E-state index contributed by atoms with van der Waals surface area (Å²) < 4.78 is 13.0. The summed E-state index contributed by atoms with van der Waals surface area (Å²) in [7, 11) is 0. The molecule has 2 aliphatic carbocycles. The van der Waals surface area contributed by atoms with Crippen LogP contribution in [0.15, 0.2) is 154 Å². The minimum atomic E-state index is -0.0262.